The van der Waals surface area contributed by atoms with Gasteiger partial charge in [-0.3, -0.25) is 0 Å². The molecule has 0 fully saturated rings. The van der Waals surface area contributed by atoms with Crippen LogP contribution >= 0.6 is 0 Å². The Morgan fingerprint density at radius 1 is 1.11 bits per heavy atom. The highest BCUT2D eigenvalue weighted by Gasteiger charge is 2.25. The fraction of sp³-hybridized carbons (Fsp3) is 0.100. The first-order valence-corrected chi connectivity index (χ1v) is 4.91. The quantitative estimate of drug-likeness (QED) is 0.626. The Morgan fingerprint density at radius 3 is 2.44 bits per heavy atom. The second-order valence-corrected chi connectivity index (χ2v) is 3.55. The number of pyridine rings is 1. The first-order valence-electron chi connectivity index (χ1n) is 4.91. The number of halogens is 5. The van der Waals surface area contributed by atoms with Gasteiger partial charge in [0.15, 0.2) is 0 Å². The summed E-state index contributed by atoms with van der Waals surface area (Å²) in [4.78, 5) is 3.56. The monoisotopic (exact) mass is 262 g/mol. The van der Waals surface area contributed by atoms with Gasteiger partial charge in [-0.15, -0.1) is 5.46 Å². The van der Waals surface area contributed by atoms with Crippen LogP contribution in [0.25, 0.3) is 10.8 Å². The van der Waals surface area contributed by atoms with E-state index < -0.39 is 19.1 Å². The molecule has 1 aromatic carbocycles. The van der Waals surface area contributed by atoms with Crippen molar-refractivity contribution in [2.45, 2.75) is 6.61 Å². The molecular formula is C10H6BF5NO-. The normalized spacial score (nSPS) is 12.1. The fourth-order valence-corrected chi connectivity index (χ4v) is 1.55. The van der Waals surface area contributed by atoms with E-state index in [1.807, 2.05) is 0 Å². The summed E-state index contributed by atoms with van der Waals surface area (Å²) in [5, 5.41) is 0.263. The van der Waals surface area contributed by atoms with E-state index in [4.69, 9.17) is 0 Å². The Kier molecular flexibility index (Phi) is 3.10. The summed E-state index contributed by atoms with van der Waals surface area (Å²) in [5.41, 5.74) is -0.795. The van der Waals surface area contributed by atoms with Crippen LogP contribution in [-0.2, 0) is 0 Å². The molecular weight excluding hydrogens is 256 g/mol. The van der Waals surface area contributed by atoms with E-state index in [1.54, 1.807) is 0 Å². The second kappa shape index (κ2) is 4.43. The van der Waals surface area contributed by atoms with Gasteiger partial charge >= 0.3 is 13.6 Å². The van der Waals surface area contributed by atoms with Crippen molar-refractivity contribution < 1.29 is 26.5 Å². The van der Waals surface area contributed by atoms with Gasteiger partial charge in [0.05, 0.1) is 0 Å². The number of nitrogens with zero attached hydrogens (tertiary/aromatic N) is 1. The minimum Gasteiger partial charge on any atom is -0.445 e. The van der Waals surface area contributed by atoms with Crippen LogP contribution in [0.15, 0.2) is 30.5 Å². The second-order valence-electron chi connectivity index (χ2n) is 3.55. The fourth-order valence-electron chi connectivity index (χ4n) is 1.55. The zero-order chi connectivity index (χ0) is 13.3. The summed E-state index contributed by atoms with van der Waals surface area (Å²) in [6, 6.07) is 4.08. The number of alkyl halides is 2. The average Bonchev–Trinajstić information content (AvgIpc) is 2.27. The first kappa shape index (κ1) is 12.6. The highest BCUT2D eigenvalue weighted by molar-refractivity contribution is 6.73. The van der Waals surface area contributed by atoms with Gasteiger partial charge in [0.1, 0.15) is 0 Å². The molecule has 0 atom stereocenters. The van der Waals surface area contributed by atoms with Crippen LogP contribution in [0.3, 0.4) is 0 Å². The molecule has 0 aliphatic rings. The number of aromatic nitrogens is 1. The van der Waals surface area contributed by atoms with Crippen molar-refractivity contribution in [1.82, 2.24) is 4.98 Å². The number of ether oxygens (including phenoxy) is 1. The van der Waals surface area contributed by atoms with Gasteiger partial charge in [-0.25, -0.2) is 4.98 Å². The standard InChI is InChI=1S/C10H6BF5NO/c12-10(13)18-9-8-2-1-7(11(14,15)16)5-6(8)3-4-17-9/h1-5,10H/q-1. The molecule has 1 aromatic heterocycles. The molecule has 0 spiro atoms. The maximum absolute atomic E-state index is 12.5. The molecule has 2 rings (SSSR count). The van der Waals surface area contributed by atoms with Crippen LogP contribution in [0.5, 0.6) is 5.88 Å². The average molecular weight is 262 g/mol. The lowest BCUT2D eigenvalue weighted by Gasteiger charge is -2.15. The minimum absolute atomic E-state index is 0.113. The number of rotatable bonds is 3. The smallest absolute Gasteiger partial charge is 0.445 e. The summed E-state index contributed by atoms with van der Waals surface area (Å²) >= 11 is 0. The predicted molar refractivity (Wildman–Crippen MR) is 57.1 cm³/mol. The molecule has 0 aliphatic heterocycles. The van der Waals surface area contributed by atoms with Crippen molar-refractivity contribution in [2.24, 2.45) is 0 Å². The van der Waals surface area contributed by atoms with Gasteiger partial charge < -0.3 is 17.7 Å². The van der Waals surface area contributed by atoms with E-state index in [9.17, 15) is 21.7 Å². The summed E-state index contributed by atoms with van der Waals surface area (Å²) in [6.07, 6.45) is 1.12. The molecule has 0 N–H and O–H groups in total. The topological polar surface area (TPSA) is 22.1 Å². The number of benzene rings is 1. The molecule has 0 bridgehead atoms. The van der Waals surface area contributed by atoms with Crippen molar-refractivity contribution >= 4 is 23.2 Å². The Labute approximate surface area is 98.4 Å². The highest BCUT2D eigenvalue weighted by Crippen LogP contribution is 2.24. The zero-order valence-electron chi connectivity index (χ0n) is 8.79. The predicted octanol–water partition coefficient (Wildman–Crippen LogP) is 2.89. The van der Waals surface area contributed by atoms with Crippen molar-refractivity contribution in [1.29, 1.82) is 0 Å². The summed E-state index contributed by atoms with van der Waals surface area (Å²) in [6.45, 7) is -8.20. The number of hydrogen-bond acceptors (Lipinski definition) is 2. The summed E-state index contributed by atoms with van der Waals surface area (Å²) in [5.74, 6) is -0.385. The molecule has 96 valence electrons. The van der Waals surface area contributed by atoms with Crippen LogP contribution in [0, 0.1) is 0 Å². The van der Waals surface area contributed by atoms with Crippen LogP contribution in [0.2, 0.25) is 0 Å². The molecule has 0 amide bonds. The maximum Gasteiger partial charge on any atom is 0.509 e. The molecule has 2 nitrogen and oxygen atoms in total. The molecule has 0 saturated heterocycles. The third kappa shape index (κ3) is 2.52. The molecule has 0 saturated carbocycles. The lowest BCUT2D eigenvalue weighted by molar-refractivity contribution is -0.0517. The molecule has 0 unspecified atom stereocenters. The third-order valence-corrected chi connectivity index (χ3v) is 2.33. The highest BCUT2D eigenvalue weighted by atomic mass is 19.4. The van der Waals surface area contributed by atoms with E-state index in [2.05, 4.69) is 9.72 Å². The Morgan fingerprint density at radius 2 is 1.83 bits per heavy atom. The van der Waals surface area contributed by atoms with Crippen molar-refractivity contribution in [3.8, 4) is 5.88 Å². The molecule has 18 heavy (non-hydrogen) atoms. The minimum atomic E-state index is -5.13. The van der Waals surface area contributed by atoms with Gasteiger partial charge in [-0.1, -0.05) is 18.2 Å². The number of fused-ring (bicyclic) bond motifs is 1. The van der Waals surface area contributed by atoms with Crippen LogP contribution < -0.4 is 10.2 Å². The number of hydrogen-bond donors (Lipinski definition) is 0. The zero-order valence-corrected chi connectivity index (χ0v) is 8.79. The molecule has 8 heteroatoms. The Balaban J connectivity index is 2.53. The molecule has 1 heterocycles. The SMILES string of the molecule is FC(F)Oc1nccc2cc([B-](F)(F)F)ccc12. The summed E-state index contributed by atoms with van der Waals surface area (Å²) < 4.78 is 65.9. The van der Waals surface area contributed by atoms with Crippen LogP contribution in [0.4, 0.5) is 21.7 Å². The largest absolute Gasteiger partial charge is 0.509 e. The van der Waals surface area contributed by atoms with Gasteiger partial charge in [0.25, 0.3) is 0 Å². The first-order chi connectivity index (χ1) is 8.38. The van der Waals surface area contributed by atoms with E-state index in [1.165, 1.54) is 6.07 Å². The van der Waals surface area contributed by atoms with Crippen LogP contribution in [0.1, 0.15) is 0 Å². The third-order valence-electron chi connectivity index (χ3n) is 2.33. The van der Waals surface area contributed by atoms with Gasteiger partial charge in [0.2, 0.25) is 5.88 Å². The van der Waals surface area contributed by atoms with E-state index in [0.717, 1.165) is 24.4 Å². The van der Waals surface area contributed by atoms with E-state index >= 15 is 0 Å². The van der Waals surface area contributed by atoms with Gasteiger partial charge in [-0.2, -0.15) is 8.78 Å². The van der Waals surface area contributed by atoms with Gasteiger partial charge in [-0.05, 0) is 11.5 Å². The Hall–Kier alpha value is -1.86. The maximum atomic E-state index is 12.5. The van der Waals surface area contributed by atoms with Crippen molar-refractivity contribution in [2.75, 3.05) is 0 Å². The van der Waals surface area contributed by atoms with Crippen molar-refractivity contribution in [3.63, 3.8) is 0 Å². The van der Waals surface area contributed by atoms with Crippen LogP contribution in [-0.4, -0.2) is 18.6 Å². The molecule has 2 aromatic rings. The lowest BCUT2D eigenvalue weighted by Crippen LogP contribution is -2.33. The van der Waals surface area contributed by atoms with Crippen molar-refractivity contribution in [3.05, 3.63) is 30.5 Å². The van der Waals surface area contributed by atoms with E-state index in [-0.39, 0.29) is 16.7 Å². The van der Waals surface area contributed by atoms with E-state index in [0.29, 0.717) is 0 Å². The molecule has 0 aliphatic carbocycles. The lowest BCUT2D eigenvalue weighted by atomic mass is 9.79. The summed E-state index contributed by atoms with van der Waals surface area (Å²) in [7, 11) is 0. The molecule has 0 radical (unpaired) electrons. The van der Waals surface area contributed by atoms with Gasteiger partial charge in [0, 0.05) is 11.6 Å². The Bertz CT molecular complexity index is 572.